The highest BCUT2D eigenvalue weighted by atomic mass is 16.1. The second kappa shape index (κ2) is 7.04. The minimum atomic E-state index is -0.0134. The molecule has 0 bridgehead atoms. The van der Waals surface area contributed by atoms with Crippen LogP contribution in [-0.4, -0.2) is 18.8 Å². The standard InChI is InChI=1S/C39H20N4O/c44-39-27-18-14-23-21-12-16-25-34-24(36(19-9-10-19)42-30-7-3-1-5-28(30)40-37(25)42)15-11-20(32(21)34)22-13-17-26(35(27)33(22)23)38-41-29-6-2-4-8-31(29)43(38)39/h1-8,11-18H,9-10H2. The molecule has 0 atom stereocenters. The molecule has 1 aliphatic rings. The predicted molar refractivity (Wildman–Crippen MR) is 180 cm³/mol. The van der Waals surface area contributed by atoms with Gasteiger partial charge in [0.05, 0.1) is 27.4 Å². The number of fused-ring (bicyclic) bond motifs is 10. The van der Waals surface area contributed by atoms with E-state index in [4.69, 9.17) is 9.97 Å². The lowest BCUT2D eigenvalue weighted by molar-refractivity contribution is 1.19. The molecule has 0 aliphatic heterocycles. The molecule has 0 radical (unpaired) electrons. The average Bonchev–Trinajstić information content (AvgIpc) is 3.72. The Morgan fingerprint density at radius 2 is 0.886 bits per heavy atom. The maximum atomic E-state index is 14.1. The fourth-order valence-corrected chi connectivity index (χ4v) is 8.37. The van der Waals surface area contributed by atoms with E-state index in [9.17, 15) is 4.79 Å². The molecule has 1 saturated carbocycles. The van der Waals surface area contributed by atoms with E-state index in [0.29, 0.717) is 0 Å². The van der Waals surface area contributed by atoms with Crippen molar-refractivity contribution < 1.29 is 0 Å². The van der Waals surface area contributed by atoms with Crippen LogP contribution in [0.3, 0.4) is 0 Å². The van der Waals surface area contributed by atoms with Gasteiger partial charge in [0.1, 0.15) is 11.3 Å². The summed E-state index contributed by atoms with van der Waals surface area (Å²) in [4.78, 5) is 24.2. The Hall–Kier alpha value is -5.81. The van der Waals surface area contributed by atoms with Crippen LogP contribution in [0.25, 0.3) is 104 Å². The van der Waals surface area contributed by atoms with Crippen molar-refractivity contribution in [3.8, 4) is 0 Å². The van der Waals surface area contributed by atoms with Gasteiger partial charge in [0.25, 0.3) is 5.56 Å². The number of hydrogen-bond donors (Lipinski definition) is 0. The molecule has 1 aliphatic carbocycles. The number of para-hydroxylation sites is 4. The van der Waals surface area contributed by atoms with Gasteiger partial charge in [-0.25, -0.2) is 9.97 Å². The number of rotatable bonds is 0. The van der Waals surface area contributed by atoms with Gasteiger partial charge < -0.3 is 0 Å². The van der Waals surface area contributed by atoms with Crippen molar-refractivity contribution in [3.63, 3.8) is 0 Å². The molecule has 0 spiro atoms. The lowest BCUT2D eigenvalue weighted by Gasteiger charge is -2.19. The monoisotopic (exact) mass is 560 g/mol. The molecule has 202 valence electrons. The Kier molecular flexibility index (Phi) is 3.49. The fourth-order valence-electron chi connectivity index (χ4n) is 8.37. The van der Waals surface area contributed by atoms with Gasteiger partial charge in [0, 0.05) is 32.3 Å². The van der Waals surface area contributed by atoms with E-state index in [1.807, 2.05) is 30.3 Å². The second-order valence-electron chi connectivity index (χ2n) is 12.4. The summed E-state index contributed by atoms with van der Waals surface area (Å²) >= 11 is 0. The van der Waals surface area contributed by atoms with Crippen molar-refractivity contribution >= 4 is 104 Å². The second-order valence-corrected chi connectivity index (χ2v) is 12.4. The van der Waals surface area contributed by atoms with Crippen molar-refractivity contribution in [2.75, 3.05) is 0 Å². The molecule has 7 aromatic carbocycles. The van der Waals surface area contributed by atoms with Crippen LogP contribution in [0, 0.1) is 0 Å². The van der Waals surface area contributed by atoms with Crippen molar-refractivity contribution in [2.45, 2.75) is 12.8 Å². The lowest BCUT2D eigenvalue weighted by Crippen LogP contribution is -2.15. The van der Waals surface area contributed by atoms with E-state index in [0.717, 1.165) is 67.7 Å². The van der Waals surface area contributed by atoms with Gasteiger partial charge in [0.15, 0.2) is 0 Å². The van der Waals surface area contributed by atoms with Gasteiger partial charge >= 0.3 is 0 Å². The summed E-state index contributed by atoms with van der Waals surface area (Å²) in [5.41, 5.74) is 7.11. The minimum Gasteiger partial charge on any atom is -0.292 e. The number of benzene rings is 7. The molecule has 0 unspecified atom stereocenters. The van der Waals surface area contributed by atoms with Gasteiger partial charge in [-0.05, 0) is 93.2 Å². The Bertz CT molecular complexity index is 3210. The zero-order chi connectivity index (χ0) is 28.4. The van der Waals surface area contributed by atoms with Gasteiger partial charge in [-0.3, -0.25) is 13.6 Å². The first-order chi connectivity index (χ1) is 21.8. The lowest BCUT2D eigenvalue weighted by atomic mass is 9.86. The number of imidazole rings is 2. The zero-order valence-corrected chi connectivity index (χ0v) is 23.3. The molecule has 0 saturated heterocycles. The minimum absolute atomic E-state index is 0.0134. The first kappa shape index (κ1) is 21.8. The first-order valence-corrected chi connectivity index (χ1v) is 15.2. The van der Waals surface area contributed by atoms with Crippen molar-refractivity contribution in [1.29, 1.82) is 0 Å². The normalized spacial score (nSPS) is 14.2. The summed E-state index contributed by atoms with van der Waals surface area (Å²) in [7, 11) is 0. The van der Waals surface area contributed by atoms with Crippen LogP contribution in [0.4, 0.5) is 0 Å². The van der Waals surface area contributed by atoms with Crippen LogP contribution in [0.15, 0.2) is 102 Å². The Labute approximate surface area is 247 Å². The van der Waals surface area contributed by atoms with E-state index >= 15 is 0 Å². The molecule has 5 heteroatoms. The number of aromatic nitrogens is 4. The van der Waals surface area contributed by atoms with E-state index in [1.54, 1.807) is 4.40 Å². The fraction of sp³-hybridized carbons (Fsp3) is 0.0513. The highest BCUT2D eigenvalue weighted by Crippen LogP contribution is 2.46. The third-order valence-electron chi connectivity index (χ3n) is 10.3. The molecule has 0 amide bonds. The molecular formula is C39H20N4O. The average molecular weight is 561 g/mol. The van der Waals surface area contributed by atoms with Crippen molar-refractivity contribution in [3.05, 3.63) is 113 Å². The van der Waals surface area contributed by atoms with Crippen molar-refractivity contribution in [2.24, 2.45) is 0 Å². The van der Waals surface area contributed by atoms with Crippen LogP contribution in [0.2, 0.25) is 0 Å². The Balaban J connectivity index is 1.35. The number of hydrogen-bond acceptors (Lipinski definition) is 3. The SMILES string of the molecule is O=c1c2ccc3c4ccc5c6c(ccc(c7ccc(c2c73)c2nc3ccccc3n12)c46)c(=C1CC1)n1c2ccccc2nc51. The molecule has 4 heterocycles. The Morgan fingerprint density at radius 3 is 1.48 bits per heavy atom. The van der Waals surface area contributed by atoms with Crippen LogP contribution >= 0.6 is 0 Å². The summed E-state index contributed by atoms with van der Waals surface area (Å²) < 4.78 is 4.19. The molecule has 0 N–H and O–H groups in total. The third-order valence-corrected chi connectivity index (χ3v) is 10.3. The summed E-state index contributed by atoms with van der Waals surface area (Å²) in [6.45, 7) is 0. The third kappa shape index (κ3) is 2.31. The summed E-state index contributed by atoms with van der Waals surface area (Å²) in [5.74, 6) is 0. The molecular weight excluding hydrogens is 540 g/mol. The quantitative estimate of drug-likeness (QED) is 0.139. The molecule has 5 nitrogen and oxygen atoms in total. The van der Waals surface area contributed by atoms with Crippen LogP contribution in [0.1, 0.15) is 12.8 Å². The van der Waals surface area contributed by atoms with Crippen LogP contribution in [-0.2, 0) is 0 Å². The van der Waals surface area contributed by atoms with E-state index in [2.05, 4.69) is 71.1 Å². The van der Waals surface area contributed by atoms with Crippen molar-refractivity contribution in [1.82, 2.24) is 18.8 Å². The van der Waals surface area contributed by atoms with E-state index < -0.39 is 0 Å². The molecule has 1 fully saturated rings. The maximum Gasteiger partial charge on any atom is 0.264 e. The smallest absolute Gasteiger partial charge is 0.264 e. The Morgan fingerprint density at radius 1 is 0.455 bits per heavy atom. The van der Waals surface area contributed by atoms with Gasteiger partial charge in [-0.15, -0.1) is 0 Å². The van der Waals surface area contributed by atoms with E-state index in [1.165, 1.54) is 54.0 Å². The highest BCUT2D eigenvalue weighted by molar-refractivity contribution is 6.40. The summed E-state index contributed by atoms with van der Waals surface area (Å²) in [5, 5.41) is 15.0. The van der Waals surface area contributed by atoms with Crippen LogP contribution < -0.4 is 10.9 Å². The largest absolute Gasteiger partial charge is 0.292 e. The molecule has 4 aromatic heterocycles. The number of pyridine rings is 2. The van der Waals surface area contributed by atoms with Crippen LogP contribution in [0.5, 0.6) is 0 Å². The summed E-state index contributed by atoms with van der Waals surface area (Å²) in [6.07, 6.45) is 2.26. The van der Waals surface area contributed by atoms with Gasteiger partial charge in [-0.2, -0.15) is 0 Å². The zero-order valence-electron chi connectivity index (χ0n) is 23.3. The highest BCUT2D eigenvalue weighted by Gasteiger charge is 2.25. The predicted octanol–water partition coefficient (Wildman–Crippen LogP) is 8.11. The summed E-state index contributed by atoms with van der Waals surface area (Å²) in [6, 6.07) is 34.2. The number of nitrogens with zero attached hydrogens (tertiary/aromatic N) is 4. The van der Waals surface area contributed by atoms with Gasteiger partial charge in [0.2, 0.25) is 0 Å². The van der Waals surface area contributed by atoms with E-state index in [-0.39, 0.29) is 5.56 Å². The molecule has 12 rings (SSSR count). The topological polar surface area (TPSA) is 51.7 Å². The van der Waals surface area contributed by atoms with Gasteiger partial charge in [-0.1, -0.05) is 54.6 Å². The first-order valence-electron chi connectivity index (χ1n) is 15.2. The molecule has 44 heavy (non-hydrogen) atoms. The maximum absolute atomic E-state index is 14.1. The molecule has 11 aromatic rings.